The van der Waals surface area contributed by atoms with Crippen LogP contribution in [0.2, 0.25) is 0 Å². The van der Waals surface area contributed by atoms with Gasteiger partial charge in [0.15, 0.2) is 0 Å². The molecule has 1 unspecified atom stereocenters. The number of thiophene rings is 1. The van der Waals surface area contributed by atoms with E-state index in [1.165, 1.54) is 4.70 Å². The van der Waals surface area contributed by atoms with Gasteiger partial charge in [0, 0.05) is 12.6 Å². The van der Waals surface area contributed by atoms with E-state index in [1.54, 1.807) is 11.3 Å². The van der Waals surface area contributed by atoms with Gasteiger partial charge in [-0.2, -0.15) is 5.10 Å². The molecule has 0 spiro atoms. The van der Waals surface area contributed by atoms with E-state index in [1.807, 2.05) is 29.9 Å². The molecule has 0 amide bonds. The standard InChI is InChI=1S/C15H14N2O2S/c1-17-12-6-7-20-15(12)14(16-17)11-4-2-3-5-13(11)19-9-10-8-18-10/h2-7,10H,8-9H2,1H3. The Morgan fingerprint density at radius 3 is 3.10 bits per heavy atom. The maximum Gasteiger partial charge on any atom is 0.128 e. The van der Waals surface area contributed by atoms with Crippen molar-refractivity contribution in [1.82, 2.24) is 9.78 Å². The summed E-state index contributed by atoms with van der Waals surface area (Å²) in [4.78, 5) is 0. The van der Waals surface area contributed by atoms with Gasteiger partial charge >= 0.3 is 0 Å². The molecule has 0 bridgehead atoms. The Hall–Kier alpha value is -1.85. The normalized spacial score (nSPS) is 17.6. The second-order valence-electron chi connectivity index (χ2n) is 4.87. The number of benzene rings is 1. The monoisotopic (exact) mass is 286 g/mol. The fourth-order valence-electron chi connectivity index (χ4n) is 2.30. The second kappa shape index (κ2) is 4.61. The third-order valence-electron chi connectivity index (χ3n) is 3.43. The molecule has 2 aromatic heterocycles. The first-order valence-corrected chi connectivity index (χ1v) is 7.45. The zero-order valence-corrected chi connectivity index (χ0v) is 11.9. The summed E-state index contributed by atoms with van der Waals surface area (Å²) in [5.74, 6) is 0.872. The fourth-order valence-corrected chi connectivity index (χ4v) is 3.21. The number of rotatable bonds is 4. The van der Waals surface area contributed by atoms with Crippen LogP contribution in [-0.2, 0) is 11.8 Å². The van der Waals surface area contributed by atoms with Crippen molar-refractivity contribution in [2.24, 2.45) is 7.05 Å². The highest BCUT2D eigenvalue weighted by molar-refractivity contribution is 7.17. The molecule has 3 heterocycles. The van der Waals surface area contributed by atoms with Crippen LogP contribution in [-0.4, -0.2) is 29.1 Å². The van der Waals surface area contributed by atoms with Gasteiger partial charge in [-0.1, -0.05) is 12.1 Å². The summed E-state index contributed by atoms with van der Waals surface area (Å²) >= 11 is 1.71. The van der Waals surface area contributed by atoms with Crippen molar-refractivity contribution >= 4 is 21.6 Å². The molecule has 0 N–H and O–H groups in total. The lowest BCUT2D eigenvalue weighted by atomic mass is 10.1. The van der Waals surface area contributed by atoms with Crippen molar-refractivity contribution in [3.05, 3.63) is 35.7 Å². The first kappa shape index (κ1) is 11.9. The first-order chi connectivity index (χ1) is 9.83. The smallest absolute Gasteiger partial charge is 0.128 e. The van der Waals surface area contributed by atoms with Crippen molar-refractivity contribution in [2.75, 3.05) is 13.2 Å². The van der Waals surface area contributed by atoms with E-state index < -0.39 is 0 Å². The molecule has 1 aliphatic rings. The predicted octanol–water partition coefficient (Wildman–Crippen LogP) is 3.08. The molecule has 5 heteroatoms. The minimum Gasteiger partial charge on any atom is -0.490 e. The third kappa shape index (κ3) is 1.99. The van der Waals surface area contributed by atoms with Gasteiger partial charge in [0.25, 0.3) is 0 Å². The number of para-hydroxylation sites is 1. The van der Waals surface area contributed by atoms with Gasteiger partial charge in [-0.3, -0.25) is 4.68 Å². The summed E-state index contributed by atoms with van der Waals surface area (Å²) in [6, 6.07) is 10.2. The summed E-state index contributed by atoms with van der Waals surface area (Å²) in [5, 5.41) is 6.73. The highest BCUT2D eigenvalue weighted by atomic mass is 32.1. The second-order valence-corrected chi connectivity index (χ2v) is 5.79. The van der Waals surface area contributed by atoms with E-state index in [4.69, 9.17) is 9.47 Å². The van der Waals surface area contributed by atoms with E-state index >= 15 is 0 Å². The Bertz CT molecular complexity index is 758. The van der Waals surface area contributed by atoms with Crippen molar-refractivity contribution in [3.63, 3.8) is 0 Å². The number of aryl methyl sites for hydroxylation is 1. The Balaban J connectivity index is 1.78. The minimum absolute atomic E-state index is 0.258. The van der Waals surface area contributed by atoms with E-state index in [0.717, 1.165) is 29.1 Å². The van der Waals surface area contributed by atoms with E-state index in [0.29, 0.717) is 6.61 Å². The Morgan fingerprint density at radius 1 is 1.40 bits per heavy atom. The van der Waals surface area contributed by atoms with Gasteiger partial charge in [-0.15, -0.1) is 11.3 Å². The molecule has 102 valence electrons. The Labute approximate surface area is 120 Å². The quantitative estimate of drug-likeness (QED) is 0.692. The molecule has 1 aromatic carbocycles. The molecule has 1 saturated heterocycles. The summed E-state index contributed by atoms with van der Waals surface area (Å²) in [7, 11) is 1.97. The zero-order chi connectivity index (χ0) is 13.5. The number of ether oxygens (including phenoxy) is 2. The van der Waals surface area contributed by atoms with Gasteiger partial charge < -0.3 is 9.47 Å². The van der Waals surface area contributed by atoms with Crippen LogP contribution in [0, 0.1) is 0 Å². The molecule has 1 fully saturated rings. The SMILES string of the molecule is Cn1nc(-c2ccccc2OCC2CO2)c2sccc21. The van der Waals surface area contributed by atoms with Crippen LogP contribution in [0.4, 0.5) is 0 Å². The van der Waals surface area contributed by atoms with Gasteiger partial charge in [-0.25, -0.2) is 0 Å². The highest BCUT2D eigenvalue weighted by Gasteiger charge is 2.24. The molecule has 4 nitrogen and oxygen atoms in total. The Morgan fingerprint density at radius 2 is 2.25 bits per heavy atom. The summed E-state index contributed by atoms with van der Waals surface area (Å²) in [6.07, 6.45) is 0.258. The summed E-state index contributed by atoms with van der Waals surface area (Å²) in [6.45, 7) is 1.42. The molecule has 20 heavy (non-hydrogen) atoms. The maximum atomic E-state index is 5.88. The zero-order valence-electron chi connectivity index (χ0n) is 11.1. The highest BCUT2D eigenvalue weighted by Crippen LogP contribution is 2.36. The topological polar surface area (TPSA) is 39.6 Å². The van der Waals surface area contributed by atoms with Crippen LogP contribution in [0.25, 0.3) is 21.5 Å². The largest absolute Gasteiger partial charge is 0.490 e. The summed E-state index contributed by atoms with van der Waals surface area (Å²) in [5.41, 5.74) is 3.19. The molecular weight excluding hydrogens is 272 g/mol. The maximum absolute atomic E-state index is 5.88. The molecule has 4 rings (SSSR count). The number of aromatic nitrogens is 2. The molecule has 1 atom stereocenters. The van der Waals surface area contributed by atoms with Crippen molar-refractivity contribution in [2.45, 2.75) is 6.10 Å². The number of hydrogen-bond acceptors (Lipinski definition) is 4. The van der Waals surface area contributed by atoms with Gasteiger partial charge in [0.2, 0.25) is 0 Å². The van der Waals surface area contributed by atoms with Gasteiger partial charge in [0.1, 0.15) is 24.2 Å². The van der Waals surface area contributed by atoms with E-state index in [-0.39, 0.29) is 6.10 Å². The van der Waals surface area contributed by atoms with E-state index in [9.17, 15) is 0 Å². The molecule has 0 aliphatic carbocycles. The minimum atomic E-state index is 0.258. The van der Waals surface area contributed by atoms with Gasteiger partial charge in [0.05, 0.1) is 16.8 Å². The number of hydrogen-bond donors (Lipinski definition) is 0. The summed E-state index contributed by atoms with van der Waals surface area (Å²) < 4.78 is 14.2. The van der Waals surface area contributed by atoms with Crippen LogP contribution < -0.4 is 4.74 Å². The molecule has 0 radical (unpaired) electrons. The molecule has 3 aromatic rings. The van der Waals surface area contributed by atoms with Crippen LogP contribution in [0.1, 0.15) is 0 Å². The lowest BCUT2D eigenvalue weighted by Gasteiger charge is -2.08. The number of fused-ring (bicyclic) bond motifs is 1. The van der Waals surface area contributed by atoms with E-state index in [2.05, 4.69) is 22.6 Å². The van der Waals surface area contributed by atoms with Crippen molar-refractivity contribution < 1.29 is 9.47 Å². The molecule has 0 saturated carbocycles. The van der Waals surface area contributed by atoms with Crippen LogP contribution in [0.15, 0.2) is 35.7 Å². The lowest BCUT2D eigenvalue weighted by Crippen LogP contribution is -2.05. The predicted molar refractivity (Wildman–Crippen MR) is 79.3 cm³/mol. The average Bonchev–Trinajstić information content (AvgIpc) is 3.07. The van der Waals surface area contributed by atoms with Crippen LogP contribution >= 0.6 is 11.3 Å². The lowest BCUT2D eigenvalue weighted by molar-refractivity contribution is 0.264. The third-order valence-corrected chi connectivity index (χ3v) is 4.34. The van der Waals surface area contributed by atoms with Crippen molar-refractivity contribution in [1.29, 1.82) is 0 Å². The van der Waals surface area contributed by atoms with Crippen LogP contribution in [0.3, 0.4) is 0 Å². The van der Waals surface area contributed by atoms with Crippen LogP contribution in [0.5, 0.6) is 5.75 Å². The number of epoxide rings is 1. The van der Waals surface area contributed by atoms with Crippen molar-refractivity contribution in [3.8, 4) is 17.0 Å². The fraction of sp³-hybridized carbons (Fsp3) is 0.267. The molecular formula is C15H14N2O2S. The van der Waals surface area contributed by atoms with Gasteiger partial charge in [-0.05, 0) is 23.6 Å². The average molecular weight is 286 g/mol. The molecule has 1 aliphatic heterocycles. The number of nitrogens with zero attached hydrogens (tertiary/aromatic N) is 2. The Kier molecular flexibility index (Phi) is 2.75. The first-order valence-electron chi connectivity index (χ1n) is 6.57.